The molecule has 0 spiro atoms. The predicted molar refractivity (Wildman–Crippen MR) is 83.3 cm³/mol. The van der Waals surface area contributed by atoms with Crippen molar-refractivity contribution in [3.05, 3.63) is 41.6 Å². The first-order valence-electron chi connectivity index (χ1n) is 7.37. The minimum Gasteiger partial charge on any atom is -0.354 e. The van der Waals surface area contributed by atoms with Crippen molar-refractivity contribution in [2.24, 2.45) is 0 Å². The Hall–Kier alpha value is -2.09. The second kappa shape index (κ2) is 6.99. The number of carbonyl (C=O) groups is 1. The van der Waals surface area contributed by atoms with E-state index in [1.807, 2.05) is 0 Å². The largest absolute Gasteiger partial charge is 0.354 e. The van der Waals surface area contributed by atoms with Crippen molar-refractivity contribution >= 4 is 23.5 Å². The van der Waals surface area contributed by atoms with E-state index in [2.05, 4.69) is 19.0 Å². The molecule has 1 aromatic heterocycles. The Morgan fingerprint density at radius 2 is 2.13 bits per heavy atom. The summed E-state index contributed by atoms with van der Waals surface area (Å²) < 4.78 is 34.6. The van der Waals surface area contributed by atoms with E-state index >= 15 is 0 Å². The van der Waals surface area contributed by atoms with Crippen molar-refractivity contribution in [1.29, 1.82) is 0 Å². The maximum Gasteiger partial charge on any atom is 0.224 e. The van der Waals surface area contributed by atoms with E-state index < -0.39 is 11.6 Å². The van der Waals surface area contributed by atoms with Gasteiger partial charge in [0.2, 0.25) is 5.91 Å². The lowest BCUT2D eigenvalue weighted by Crippen LogP contribution is -2.45. The van der Waals surface area contributed by atoms with Gasteiger partial charge in [0, 0.05) is 25.2 Å². The number of anilines is 1. The smallest absolute Gasteiger partial charge is 0.224 e. The van der Waals surface area contributed by atoms with E-state index in [1.54, 1.807) is 6.20 Å². The predicted octanol–water partition coefficient (Wildman–Crippen LogP) is 2.14. The summed E-state index contributed by atoms with van der Waals surface area (Å²) in [6.45, 7) is 1.59. The molecule has 3 rings (SSSR count). The summed E-state index contributed by atoms with van der Waals surface area (Å²) in [4.78, 5) is 14.2. The molecule has 1 aliphatic rings. The second-order valence-corrected chi connectivity index (χ2v) is 6.06. The highest BCUT2D eigenvalue weighted by atomic mass is 32.1. The molecule has 0 unspecified atom stereocenters. The highest BCUT2D eigenvalue weighted by molar-refractivity contribution is 6.99. The van der Waals surface area contributed by atoms with E-state index in [9.17, 15) is 13.6 Å². The summed E-state index contributed by atoms with van der Waals surface area (Å²) in [5.41, 5.74) is 0.204. The standard InChI is InChI=1S/C15H16F2N4OS/c16-11-2-1-10(13(17)8-11)7-15(22)19-12-3-5-21(6-4-12)14-9-18-23-20-14/h1-2,8-9,12H,3-7H2,(H,19,22). The lowest BCUT2D eigenvalue weighted by molar-refractivity contribution is -0.121. The Bertz CT molecular complexity index is 672. The fourth-order valence-corrected chi connectivity index (χ4v) is 3.10. The number of amides is 1. The highest BCUT2D eigenvalue weighted by Crippen LogP contribution is 2.18. The SMILES string of the molecule is O=C(Cc1ccc(F)cc1F)NC1CCN(c2cnsn2)CC1. The van der Waals surface area contributed by atoms with Crippen molar-refractivity contribution in [1.82, 2.24) is 14.1 Å². The van der Waals surface area contributed by atoms with Gasteiger partial charge in [0.1, 0.15) is 11.6 Å². The van der Waals surface area contributed by atoms with Crippen LogP contribution in [-0.4, -0.2) is 33.8 Å². The number of hydrogen-bond acceptors (Lipinski definition) is 5. The zero-order chi connectivity index (χ0) is 16.2. The average molecular weight is 338 g/mol. The Balaban J connectivity index is 1.49. The van der Waals surface area contributed by atoms with Gasteiger partial charge >= 0.3 is 0 Å². The molecule has 1 fully saturated rings. The third-order valence-corrected chi connectivity index (χ3v) is 4.37. The third kappa shape index (κ3) is 4.01. The molecule has 0 aliphatic carbocycles. The monoisotopic (exact) mass is 338 g/mol. The first kappa shape index (κ1) is 15.8. The van der Waals surface area contributed by atoms with Crippen LogP contribution in [0, 0.1) is 11.6 Å². The van der Waals surface area contributed by atoms with Crippen LogP contribution in [0.1, 0.15) is 18.4 Å². The Labute approximate surface area is 136 Å². The first-order chi connectivity index (χ1) is 11.1. The van der Waals surface area contributed by atoms with Gasteiger partial charge in [0.05, 0.1) is 24.3 Å². The molecule has 1 aromatic carbocycles. The number of hydrogen-bond donors (Lipinski definition) is 1. The van der Waals surface area contributed by atoms with E-state index in [-0.39, 0.29) is 23.9 Å². The van der Waals surface area contributed by atoms with E-state index in [1.165, 1.54) is 17.8 Å². The number of aromatic nitrogens is 2. The van der Waals surface area contributed by atoms with Gasteiger partial charge in [-0.3, -0.25) is 4.79 Å². The number of carbonyl (C=O) groups excluding carboxylic acids is 1. The summed E-state index contributed by atoms with van der Waals surface area (Å²) in [6.07, 6.45) is 3.26. The summed E-state index contributed by atoms with van der Waals surface area (Å²) in [7, 11) is 0. The van der Waals surface area contributed by atoms with Gasteiger partial charge in [-0.2, -0.15) is 8.75 Å². The molecule has 0 atom stereocenters. The zero-order valence-corrected chi connectivity index (χ0v) is 13.2. The van der Waals surface area contributed by atoms with Crippen LogP contribution in [0.15, 0.2) is 24.4 Å². The second-order valence-electron chi connectivity index (χ2n) is 5.51. The van der Waals surface area contributed by atoms with Gasteiger partial charge in [-0.05, 0) is 24.5 Å². The zero-order valence-electron chi connectivity index (χ0n) is 12.3. The molecular formula is C15H16F2N4OS. The van der Waals surface area contributed by atoms with Crippen LogP contribution in [0.2, 0.25) is 0 Å². The van der Waals surface area contributed by atoms with Crippen molar-refractivity contribution in [3.8, 4) is 0 Å². The molecule has 5 nitrogen and oxygen atoms in total. The van der Waals surface area contributed by atoms with Gasteiger partial charge in [0.15, 0.2) is 5.82 Å². The van der Waals surface area contributed by atoms with Crippen LogP contribution < -0.4 is 10.2 Å². The molecule has 122 valence electrons. The van der Waals surface area contributed by atoms with Crippen molar-refractivity contribution in [2.75, 3.05) is 18.0 Å². The summed E-state index contributed by atoms with van der Waals surface area (Å²) in [5, 5.41) is 2.92. The minimum atomic E-state index is -0.689. The number of nitrogens with zero attached hydrogens (tertiary/aromatic N) is 3. The van der Waals surface area contributed by atoms with E-state index in [0.717, 1.165) is 43.9 Å². The quantitative estimate of drug-likeness (QED) is 0.928. The molecular weight excluding hydrogens is 322 g/mol. The molecule has 0 saturated carbocycles. The minimum absolute atomic E-state index is 0.0638. The van der Waals surface area contributed by atoms with Gasteiger partial charge < -0.3 is 10.2 Å². The molecule has 1 N–H and O–H groups in total. The summed E-state index contributed by atoms with van der Waals surface area (Å²) >= 11 is 1.17. The normalized spacial score (nSPS) is 15.7. The van der Waals surface area contributed by atoms with Crippen LogP contribution in [-0.2, 0) is 11.2 Å². The number of rotatable bonds is 4. The third-order valence-electron chi connectivity index (χ3n) is 3.90. The van der Waals surface area contributed by atoms with E-state index in [0.29, 0.717) is 0 Å². The topological polar surface area (TPSA) is 58.1 Å². The molecule has 1 amide bonds. The average Bonchev–Trinajstić information content (AvgIpc) is 3.05. The lowest BCUT2D eigenvalue weighted by Gasteiger charge is -2.32. The lowest BCUT2D eigenvalue weighted by atomic mass is 10.0. The molecule has 0 radical (unpaired) electrons. The summed E-state index contributed by atoms with van der Waals surface area (Å²) in [6, 6.07) is 3.32. The van der Waals surface area contributed by atoms with Crippen molar-refractivity contribution in [2.45, 2.75) is 25.3 Å². The van der Waals surface area contributed by atoms with Gasteiger partial charge in [-0.1, -0.05) is 6.07 Å². The Morgan fingerprint density at radius 1 is 1.35 bits per heavy atom. The Morgan fingerprint density at radius 3 is 2.78 bits per heavy atom. The Kier molecular flexibility index (Phi) is 4.80. The van der Waals surface area contributed by atoms with Crippen LogP contribution >= 0.6 is 11.7 Å². The number of nitrogens with one attached hydrogen (secondary N) is 1. The van der Waals surface area contributed by atoms with Crippen LogP contribution in [0.25, 0.3) is 0 Å². The number of benzene rings is 1. The molecule has 23 heavy (non-hydrogen) atoms. The maximum absolute atomic E-state index is 13.6. The van der Waals surface area contributed by atoms with Crippen molar-refractivity contribution in [3.63, 3.8) is 0 Å². The maximum atomic E-state index is 13.6. The molecule has 1 saturated heterocycles. The fourth-order valence-electron chi connectivity index (χ4n) is 2.67. The highest BCUT2D eigenvalue weighted by Gasteiger charge is 2.22. The molecule has 2 heterocycles. The fraction of sp³-hybridized carbons (Fsp3) is 0.400. The number of halogens is 2. The van der Waals surface area contributed by atoms with Gasteiger partial charge in [0.25, 0.3) is 0 Å². The van der Waals surface area contributed by atoms with E-state index in [4.69, 9.17) is 0 Å². The molecule has 0 bridgehead atoms. The van der Waals surface area contributed by atoms with Gasteiger partial charge in [-0.25, -0.2) is 8.78 Å². The summed E-state index contributed by atoms with van der Waals surface area (Å²) in [5.74, 6) is -0.709. The molecule has 1 aliphatic heterocycles. The van der Waals surface area contributed by atoms with Crippen LogP contribution in [0.4, 0.5) is 14.6 Å². The first-order valence-corrected chi connectivity index (χ1v) is 8.10. The van der Waals surface area contributed by atoms with Crippen LogP contribution in [0.3, 0.4) is 0 Å². The van der Waals surface area contributed by atoms with Crippen molar-refractivity contribution < 1.29 is 13.6 Å². The van der Waals surface area contributed by atoms with Gasteiger partial charge in [-0.15, -0.1) is 0 Å². The van der Waals surface area contributed by atoms with Crippen LogP contribution in [0.5, 0.6) is 0 Å². The molecule has 2 aromatic rings. The molecule has 8 heteroatoms. The number of piperidine rings is 1.